The number of Topliss-reactive ketones (excluding diaryl/α,β-unsaturated/α-hetero) is 1. The van der Waals surface area contributed by atoms with Crippen LogP contribution in [0.15, 0.2) is 36.7 Å². The summed E-state index contributed by atoms with van der Waals surface area (Å²) in [6, 6.07) is 7.89. The minimum atomic E-state index is -3.42. The van der Waals surface area contributed by atoms with Crippen molar-refractivity contribution in [3.63, 3.8) is 0 Å². The lowest BCUT2D eigenvalue weighted by Crippen LogP contribution is -2.26. The van der Waals surface area contributed by atoms with Gasteiger partial charge in [-0.05, 0) is 41.3 Å². The van der Waals surface area contributed by atoms with E-state index in [1.807, 2.05) is 24.3 Å². The average molecular weight is 458 g/mol. The molecular formula is C21H27N7O3S. The van der Waals surface area contributed by atoms with Gasteiger partial charge >= 0.3 is 0 Å². The van der Waals surface area contributed by atoms with E-state index in [9.17, 15) is 13.2 Å². The topological polar surface area (TPSA) is 135 Å². The molecule has 0 aliphatic carbocycles. The Kier molecular flexibility index (Phi) is 7.29. The monoisotopic (exact) mass is 457 g/mol. The summed E-state index contributed by atoms with van der Waals surface area (Å²) >= 11 is 0. The van der Waals surface area contributed by atoms with Gasteiger partial charge < -0.3 is 0 Å². The van der Waals surface area contributed by atoms with Gasteiger partial charge in [-0.25, -0.2) is 27.8 Å². The van der Waals surface area contributed by atoms with E-state index in [0.717, 1.165) is 40.1 Å². The highest BCUT2D eigenvalue weighted by atomic mass is 32.2. The summed E-state index contributed by atoms with van der Waals surface area (Å²) in [6.07, 6.45) is 6.57. The van der Waals surface area contributed by atoms with Crippen molar-refractivity contribution >= 4 is 21.8 Å². The van der Waals surface area contributed by atoms with E-state index < -0.39 is 10.0 Å². The Hall–Kier alpha value is -3.21. The molecule has 10 nitrogen and oxygen atoms in total. The summed E-state index contributed by atoms with van der Waals surface area (Å²) in [5.74, 6) is 0.551. The van der Waals surface area contributed by atoms with Crippen LogP contribution in [0.4, 0.5) is 5.95 Å². The summed E-state index contributed by atoms with van der Waals surface area (Å²) in [7, 11) is -2.01. The molecule has 170 valence electrons. The van der Waals surface area contributed by atoms with E-state index in [2.05, 4.69) is 37.5 Å². The predicted molar refractivity (Wildman–Crippen MR) is 120 cm³/mol. The molecule has 0 radical (unpaired) electrons. The van der Waals surface area contributed by atoms with E-state index >= 15 is 0 Å². The van der Waals surface area contributed by atoms with E-state index in [1.165, 1.54) is 7.05 Å². The number of hydrogen-bond donors (Lipinski definition) is 1. The van der Waals surface area contributed by atoms with Gasteiger partial charge in [0.05, 0.1) is 6.26 Å². The summed E-state index contributed by atoms with van der Waals surface area (Å²) in [5.41, 5.74) is 2.72. The van der Waals surface area contributed by atoms with Crippen molar-refractivity contribution in [2.75, 3.05) is 17.6 Å². The van der Waals surface area contributed by atoms with Crippen molar-refractivity contribution in [1.29, 1.82) is 0 Å². The second-order valence-corrected chi connectivity index (χ2v) is 9.82. The highest BCUT2D eigenvalue weighted by Crippen LogP contribution is 2.31. The Morgan fingerprint density at radius 2 is 1.78 bits per heavy atom. The van der Waals surface area contributed by atoms with Gasteiger partial charge in [0, 0.05) is 36.8 Å². The zero-order valence-corrected chi connectivity index (χ0v) is 19.4. The van der Waals surface area contributed by atoms with E-state index in [1.54, 1.807) is 19.3 Å². The van der Waals surface area contributed by atoms with E-state index in [0.29, 0.717) is 12.2 Å². The number of sulfonamides is 1. The maximum Gasteiger partial charge on any atom is 0.238 e. The van der Waals surface area contributed by atoms with Crippen LogP contribution in [0.3, 0.4) is 0 Å². The number of ketones is 1. The minimum absolute atomic E-state index is 0.113. The largest absolute Gasteiger partial charge is 0.300 e. The van der Waals surface area contributed by atoms with Gasteiger partial charge in [-0.2, -0.15) is 0 Å². The van der Waals surface area contributed by atoms with Crippen LogP contribution in [0.1, 0.15) is 44.0 Å². The van der Waals surface area contributed by atoms with Crippen LogP contribution >= 0.6 is 0 Å². The number of rotatable bonds is 10. The van der Waals surface area contributed by atoms with Crippen molar-refractivity contribution < 1.29 is 13.2 Å². The molecule has 3 rings (SSSR count). The molecule has 2 aromatic heterocycles. The van der Waals surface area contributed by atoms with Crippen LogP contribution in [0.5, 0.6) is 0 Å². The van der Waals surface area contributed by atoms with Gasteiger partial charge in [-0.1, -0.05) is 37.6 Å². The van der Waals surface area contributed by atoms with Gasteiger partial charge in [0.1, 0.15) is 5.78 Å². The Morgan fingerprint density at radius 1 is 1.12 bits per heavy atom. The molecule has 2 heterocycles. The van der Waals surface area contributed by atoms with Crippen molar-refractivity contribution in [1.82, 2.24) is 30.6 Å². The van der Waals surface area contributed by atoms with Crippen LogP contribution in [-0.4, -0.2) is 58.1 Å². The van der Waals surface area contributed by atoms with E-state index in [4.69, 9.17) is 0 Å². The summed E-state index contributed by atoms with van der Waals surface area (Å²) in [4.78, 5) is 20.6. The first-order valence-corrected chi connectivity index (χ1v) is 12.1. The van der Waals surface area contributed by atoms with Crippen LogP contribution < -0.4 is 4.31 Å². The number of hydrogen-bond acceptors (Lipinski definition) is 8. The molecule has 11 heteroatoms. The molecule has 0 amide bonds. The van der Waals surface area contributed by atoms with Crippen molar-refractivity contribution in [3.05, 3.63) is 48.0 Å². The first-order chi connectivity index (χ1) is 15.2. The third-order valence-corrected chi connectivity index (χ3v) is 6.64. The molecule has 0 saturated carbocycles. The highest BCUT2D eigenvalue weighted by molar-refractivity contribution is 7.92. The number of nitrogens with one attached hydrogen (secondary N) is 1. The fourth-order valence-electron chi connectivity index (χ4n) is 3.62. The first kappa shape index (κ1) is 23.5. The van der Waals surface area contributed by atoms with Crippen LogP contribution in [0, 0.1) is 5.92 Å². The highest BCUT2D eigenvalue weighted by Gasteiger charge is 2.29. The summed E-state index contributed by atoms with van der Waals surface area (Å²) < 4.78 is 24.3. The molecule has 0 aliphatic heterocycles. The molecule has 1 aromatic carbocycles. The van der Waals surface area contributed by atoms with E-state index in [-0.39, 0.29) is 23.6 Å². The number of carbonyl (C=O) groups excluding carboxylic acids is 1. The Morgan fingerprint density at radius 3 is 2.28 bits per heavy atom. The van der Waals surface area contributed by atoms with Crippen molar-refractivity contribution in [2.24, 2.45) is 5.92 Å². The summed E-state index contributed by atoms with van der Waals surface area (Å²) in [5, 5.41) is 14.3. The second kappa shape index (κ2) is 9.94. The van der Waals surface area contributed by atoms with Gasteiger partial charge in [0.25, 0.3) is 0 Å². The number of anilines is 1. The minimum Gasteiger partial charge on any atom is -0.300 e. The number of nitrogens with zero attached hydrogens (tertiary/aromatic N) is 6. The maximum absolute atomic E-state index is 12.3. The average Bonchev–Trinajstić information content (AvgIpc) is 3.30. The van der Waals surface area contributed by atoms with Crippen molar-refractivity contribution in [3.8, 4) is 11.1 Å². The maximum atomic E-state index is 12.3. The fraction of sp³-hybridized carbons (Fsp3) is 0.429. The third kappa shape index (κ3) is 5.52. The molecule has 0 spiro atoms. The van der Waals surface area contributed by atoms with Gasteiger partial charge in [0.2, 0.25) is 16.0 Å². The number of aromatic amines is 1. The van der Waals surface area contributed by atoms with Crippen LogP contribution in [0.2, 0.25) is 0 Å². The quantitative estimate of drug-likeness (QED) is 0.490. The fourth-order valence-corrected chi connectivity index (χ4v) is 4.01. The van der Waals surface area contributed by atoms with Crippen LogP contribution in [-0.2, 0) is 21.2 Å². The lowest BCUT2D eigenvalue weighted by Gasteiger charge is -2.23. The normalized spacial score (nSPS) is 13.5. The number of benzene rings is 1. The van der Waals surface area contributed by atoms with Gasteiger partial charge in [-0.3, -0.25) is 4.79 Å². The molecule has 0 fully saturated rings. The van der Waals surface area contributed by atoms with Crippen molar-refractivity contribution in [2.45, 2.75) is 39.0 Å². The van der Waals surface area contributed by atoms with Gasteiger partial charge in [-0.15, -0.1) is 5.10 Å². The molecular weight excluding hydrogens is 430 g/mol. The smallest absolute Gasteiger partial charge is 0.238 e. The molecule has 2 atom stereocenters. The number of carbonyl (C=O) groups is 1. The zero-order valence-electron chi connectivity index (χ0n) is 18.6. The number of H-pyrrole nitrogens is 1. The van der Waals surface area contributed by atoms with Crippen LogP contribution in [0.25, 0.3) is 11.1 Å². The Labute approximate surface area is 187 Å². The number of tetrazole rings is 1. The lowest BCUT2D eigenvalue weighted by atomic mass is 9.81. The second-order valence-electron chi connectivity index (χ2n) is 7.80. The molecule has 0 bridgehead atoms. The lowest BCUT2D eigenvalue weighted by molar-refractivity contribution is -0.121. The molecule has 32 heavy (non-hydrogen) atoms. The molecule has 0 aliphatic rings. The molecule has 0 unspecified atom stereocenters. The third-order valence-electron chi connectivity index (χ3n) is 5.48. The first-order valence-electron chi connectivity index (χ1n) is 10.3. The zero-order chi connectivity index (χ0) is 23.3. The summed E-state index contributed by atoms with van der Waals surface area (Å²) in [6.45, 7) is 3.67. The predicted octanol–water partition coefficient (Wildman–Crippen LogP) is 2.38. The standard InChI is InChI=1S/C21H27N7O3S/c1-5-6-18(14(2)29)19(20-24-26-27-25-20)11-15-7-9-16(10-8-15)17-12-22-21(23-13-17)28(3)32(4,30)31/h7-10,12-13,18-19H,5-6,11H2,1-4H3,(H,24,25,26,27)/t18-,19+/m1/s1. The molecule has 3 aromatic rings. The van der Waals surface area contributed by atoms with Gasteiger partial charge in [0.15, 0.2) is 5.82 Å². The molecule has 0 saturated heterocycles. The number of aromatic nitrogens is 6. The SMILES string of the molecule is CCC[C@H](C(C)=O)[C@H](Cc1ccc(-c2cnc(N(C)S(C)(=O)=O)nc2)cc1)c1nnn[nH]1. The molecule has 1 N–H and O–H groups in total. The Bertz CT molecular complexity index is 1130. The Balaban J connectivity index is 1.80.